The summed E-state index contributed by atoms with van der Waals surface area (Å²) in [5, 5.41) is 6.13. The fraction of sp³-hybridized carbons (Fsp3) is 0.448. The van der Waals surface area contributed by atoms with Crippen molar-refractivity contribution in [1.82, 2.24) is 15.0 Å². The molecule has 0 unspecified atom stereocenters. The Morgan fingerprint density at radius 1 is 0.930 bits per heavy atom. The number of hydrogen-bond donors (Lipinski definition) is 2. The molecule has 232 valence electrons. The van der Waals surface area contributed by atoms with Gasteiger partial charge in [0.15, 0.2) is 0 Å². The molecule has 2 aliphatic rings. The normalized spacial score (nSPS) is 16.1. The SMILES string of the molecule is CN(N)/N=C(\N)N(Cc1cc(C(F)(F)F)cc(C(F)(F)F)c1)Cc1cc2cccc(Cl)c2nc1N(CC1CC1)CC1CC1. The van der Waals surface area contributed by atoms with Crippen LogP contribution in [0.4, 0.5) is 32.2 Å². The number of pyridine rings is 1. The fourth-order valence-corrected chi connectivity index (χ4v) is 5.26. The molecular weight excluding hydrogens is 596 g/mol. The molecule has 0 bridgehead atoms. The smallest absolute Gasteiger partial charge is 0.368 e. The van der Waals surface area contributed by atoms with E-state index in [1.807, 2.05) is 12.1 Å². The topological polar surface area (TPSA) is 87.0 Å². The van der Waals surface area contributed by atoms with E-state index < -0.39 is 30.0 Å². The third-order valence-electron chi connectivity index (χ3n) is 7.47. The van der Waals surface area contributed by atoms with Gasteiger partial charge >= 0.3 is 12.4 Å². The molecule has 14 heteroatoms. The lowest BCUT2D eigenvalue weighted by Gasteiger charge is -2.30. The summed E-state index contributed by atoms with van der Waals surface area (Å²) >= 11 is 6.51. The maximum absolute atomic E-state index is 13.6. The monoisotopic (exact) mass is 627 g/mol. The first-order valence-electron chi connectivity index (χ1n) is 13.9. The second-order valence-electron chi connectivity index (χ2n) is 11.4. The average molecular weight is 628 g/mol. The van der Waals surface area contributed by atoms with Gasteiger partial charge in [-0.05, 0) is 73.4 Å². The molecule has 4 N–H and O–H groups in total. The van der Waals surface area contributed by atoms with Crippen LogP contribution in [0.25, 0.3) is 10.9 Å². The largest absolute Gasteiger partial charge is 0.416 e. The number of nitrogens with zero attached hydrogens (tertiary/aromatic N) is 5. The van der Waals surface area contributed by atoms with E-state index in [1.165, 1.54) is 11.9 Å². The summed E-state index contributed by atoms with van der Waals surface area (Å²) < 4.78 is 81.7. The van der Waals surface area contributed by atoms with Crippen LogP contribution in [0.2, 0.25) is 5.02 Å². The number of nitrogens with two attached hydrogens (primary N) is 2. The van der Waals surface area contributed by atoms with Gasteiger partial charge in [-0.15, -0.1) is 5.10 Å². The number of para-hydroxylation sites is 1. The van der Waals surface area contributed by atoms with Crippen LogP contribution in [0.15, 0.2) is 47.6 Å². The third kappa shape index (κ3) is 7.94. The van der Waals surface area contributed by atoms with Crippen LogP contribution >= 0.6 is 11.6 Å². The number of alkyl halides is 6. The van der Waals surface area contributed by atoms with Gasteiger partial charge in [0.25, 0.3) is 0 Å². The highest BCUT2D eigenvalue weighted by molar-refractivity contribution is 6.35. The van der Waals surface area contributed by atoms with Gasteiger partial charge in [-0.3, -0.25) is 0 Å². The molecule has 1 aromatic heterocycles. The number of aromatic nitrogens is 1. The van der Waals surface area contributed by atoms with Gasteiger partial charge in [0.1, 0.15) is 5.82 Å². The highest BCUT2D eigenvalue weighted by Gasteiger charge is 2.37. The molecule has 0 radical (unpaired) electrons. The maximum atomic E-state index is 13.6. The van der Waals surface area contributed by atoms with E-state index in [1.54, 1.807) is 12.1 Å². The van der Waals surface area contributed by atoms with Crippen LogP contribution in [0.3, 0.4) is 0 Å². The number of benzene rings is 2. The Labute approximate surface area is 250 Å². The number of guanidine groups is 1. The first-order chi connectivity index (χ1) is 20.2. The van der Waals surface area contributed by atoms with Crippen LogP contribution in [0, 0.1) is 11.8 Å². The van der Waals surface area contributed by atoms with Crippen LogP contribution in [0.1, 0.15) is 47.9 Å². The summed E-state index contributed by atoms with van der Waals surface area (Å²) in [6.07, 6.45) is -5.54. The zero-order chi connectivity index (χ0) is 31.1. The zero-order valence-electron chi connectivity index (χ0n) is 23.4. The zero-order valence-corrected chi connectivity index (χ0v) is 24.1. The minimum atomic E-state index is -4.99. The Kier molecular flexibility index (Phi) is 8.59. The molecule has 3 aromatic rings. The molecule has 0 aliphatic heterocycles. The van der Waals surface area contributed by atoms with E-state index in [0.29, 0.717) is 45.9 Å². The summed E-state index contributed by atoms with van der Waals surface area (Å²) in [4.78, 5) is 8.58. The molecule has 2 aliphatic carbocycles. The summed E-state index contributed by atoms with van der Waals surface area (Å²) in [6.45, 7) is 1.14. The van der Waals surface area contributed by atoms with E-state index in [4.69, 9.17) is 28.2 Å². The van der Waals surface area contributed by atoms with Crippen molar-refractivity contribution in [2.24, 2.45) is 28.5 Å². The standard InChI is InChI=1S/C29H32ClF6N7/c1-41(38)40-27(37)43(15-19-9-22(28(31,32)33)12-23(10-19)29(34,35)36)16-21-11-20-3-2-4-24(30)25(20)39-26(21)42(13-17-5-6-17)14-18-7-8-18/h2-4,9-12,17-18H,5-8,13-16,38H2,1H3,(H2,37,40). The van der Waals surface area contributed by atoms with E-state index in [9.17, 15) is 26.3 Å². The van der Waals surface area contributed by atoms with Crippen molar-refractivity contribution in [2.75, 3.05) is 25.0 Å². The van der Waals surface area contributed by atoms with Gasteiger partial charge in [-0.2, -0.15) is 26.3 Å². The van der Waals surface area contributed by atoms with Crippen LogP contribution in [-0.4, -0.2) is 41.1 Å². The number of hydrazine groups is 1. The van der Waals surface area contributed by atoms with Crippen molar-refractivity contribution in [2.45, 2.75) is 51.1 Å². The lowest BCUT2D eigenvalue weighted by Crippen LogP contribution is -2.40. The number of rotatable bonds is 10. The van der Waals surface area contributed by atoms with Crippen LogP contribution in [-0.2, 0) is 25.4 Å². The first-order valence-corrected chi connectivity index (χ1v) is 14.2. The molecule has 1 heterocycles. The molecule has 0 saturated heterocycles. The Morgan fingerprint density at radius 2 is 1.51 bits per heavy atom. The van der Waals surface area contributed by atoms with Gasteiger partial charge in [0.2, 0.25) is 5.96 Å². The predicted molar refractivity (Wildman–Crippen MR) is 154 cm³/mol. The summed E-state index contributed by atoms with van der Waals surface area (Å²) in [6, 6.07) is 8.72. The van der Waals surface area contributed by atoms with Gasteiger partial charge < -0.3 is 15.5 Å². The van der Waals surface area contributed by atoms with Gasteiger partial charge in [-0.1, -0.05) is 23.7 Å². The van der Waals surface area contributed by atoms with E-state index in [0.717, 1.165) is 49.3 Å². The molecule has 0 atom stereocenters. The summed E-state index contributed by atoms with van der Waals surface area (Å²) in [7, 11) is 1.40. The third-order valence-corrected chi connectivity index (χ3v) is 7.77. The Morgan fingerprint density at radius 3 is 2.02 bits per heavy atom. The van der Waals surface area contributed by atoms with Gasteiger partial charge in [0.05, 0.1) is 21.7 Å². The highest BCUT2D eigenvalue weighted by atomic mass is 35.5. The molecule has 0 amide bonds. The van der Waals surface area contributed by atoms with Crippen molar-refractivity contribution >= 4 is 34.3 Å². The predicted octanol–water partition coefficient (Wildman–Crippen LogP) is 6.59. The quantitative estimate of drug-likeness (QED) is 0.0867. The molecule has 0 spiro atoms. The van der Waals surface area contributed by atoms with E-state index in [2.05, 4.69) is 10.0 Å². The van der Waals surface area contributed by atoms with Crippen molar-refractivity contribution in [3.8, 4) is 0 Å². The van der Waals surface area contributed by atoms with Crippen molar-refractivity contribution < 1.29 is 26.3 Å². The average Bonchev–Trinajstić information content (AvgIpc) is 3.84. The number of anilines is 1. The summed E-state index contributed by atoms with van der Waals surface area (Å²) in [5.41, 5.74) is 4.47. The second kappa shape index (κ2) is 11.9. The Bertz CT molecular complexity index is 1450. The van der Waals surface area contributed by atoms with Gasteiger partial charge in [0, 0.05) is 44.2 Å². The van der Waals surface area contributed by atoms with Crippen LogP contribution in [0.5, 0.6) is 0 Å². The van der Waals surface area contributed by atoms with E-state index >= 15 is 0 Å². The maximum Gasteiger partial charge on any atom is 0.416 e. The molecule has 2 saturated carbocycles. The molecule has 7 nitrogen and oxygen atoms in total. The van der Waals surface area contributed by atoms with E-state index in [-0.39, 0.29) is 24.1 Å². The summed E-state index contributed by atoms with van der Waals surface area (Å²) in [5.74, 6) is 7.19. The second-order valence-corrected chi connectivity index (χ2v) is 11.8. The Hall–Kier alpha value is -3.45. The van der Waals surface area contributed by atoms with Crippen molar-refractivity contribution in [1.29, 1.82) is 0 Å². The lowest BCUT2D eigenvalue weighted by atomic mass is 10.0. The number of hydrazone groups is 1. The molecule has 2 fully saturated rings. The highest BCUT2D eigenvalue weighted by Crippen LogP contribution is 2.39. The lowest BCUT2D eigenvalue weighted by molar-refractivity contribution is -0.143. The molecular formula is C29H32ClF6N7. The fourth-order valence-electron chi connectivity index (χ4n) is 5.04. The number of halogens is 7. The number of fused-ring (bicyclic) bond motifs is 1. The number of hydrogen-bond acceptors (Lipinski definition) is 5. The Balaban J connectivity index is 1.59. The molecule has 43 heavy (non-hydrogen) atoms. The van der Waals surface area contributed by atoms with Crippen LogP contribution < -0.4 is 16.5 Å². The molecule has 5 rings (SSSR count). The van der Waals surface area contributed by atoms with Crippen molar-refractivity contribution in [3.63, 3.8) is 0 Å². The molecule has 2 aromatic carbocycles. The minimum Gasteiger partial charge on any atom is -0.368 e. The first kappa shape index (κ1) is 31.0. The van der Waals surface area contributed by atoms with Crippen molar-refractivity contribution in [3.05, 3.63) is 69.7 Å². The van der Waals surface area contributed by atoms with Gasteiger partial charge in [-0.25, -0.2) is 15.9 Å². The minimum absolute atomic E-state index is 0.0165.